The number of hydrogen-bond donors (Lipinski definition) is 0. The van der Waals surface area contributed by atoms with Crippen molar-refractivity contribution in [1.29, 1.82) is 0 Å². The van der Waals surface area contributed by atoms with E-state index in [9.17, 15) is 101 Å². The Balaban J connectivity index is 6.76. The van der Waals surface area contributed by atoms with Crippen LogP contribution in [0.15, 0.2) is 36.5 Å². The molecule has 39 heavy (non-hydrogen) atoms. The van der Waals surface area contributed by atoms with E-state index in [-0.39, 0.29) is 0 Å². The molecule has 0 aliphatic heterocycles. The van der Waals surface area contributed by atoms with Crippen molar-refractivity contribution in [3.05, 3.63) is 36.5 Å². The van der Waals surface area contributed by atoms with E-state index >= 15 is 0 Å². The summed E-state index contributed by atoms with van der Waals surface area (Å²) in [5, 5.41) is 0. The third-order valence-corrected chi connectivity index (χ3v) is 4.37. The van der Waals surface area contributed by atoms with Crippen molar-refractivity contribution in [3.8, 4) is 0 Å². The number of rotatable bonds is 11. The molecule has 0 saturated carbocycles. The van der Waals surface area contributed by atoms with Gasteiger partial charge in [-0.3, -0.25) is 0 Å². The van der Waals surface area contributed by atoms with E-state index in [1.807, 2.05) is 0 Å². The van der Waals surface area contributed by atoms with Crippen LogP contribution in [0.2, 0.25) is 0 Å². The second kappa shape index (κ2) is 9.61. The Kier molecular flexibility index (Phi) is 9.02. The monoisotopic (exact) mass is 634 g/mol. The molecule has 0 saturated heterocycles. The Morgan fingerprint density at radius 2 is 0.641 bits per heavy atom. The van der Waals surface area contributed by atoms with Gasteiger partial charge in [-0.05, 0) is 18.2 Å². The second-order valence-corrected chi connectivity index (χ2v) is 6.95. The summed E-state index contributed by atoms with van der Waals surface area (Å²) in [6.45, 7) is 1.80. The van der Waals surface area contributed by atoms with Crippen molar-refractivity contribution in [2.24, 2.45) is 0 Å². The van der Waals surface area contributed by atoms with Crippen molar-refractivity contribution in [2.45, 2.75) is 59.5 Å². The van der Waals surface area contributed by atoms with Crippen LogP contribution in [-0.4, -0.2) is 59.5 Å². The van der Waals surface area contributed by atoms with Crippen LogP contribution in [0.25, 0.3) is 0 Å². The molecule has 0 N–H and O–H groups in total. The third-order valence-electron chi connectivity index (χ3n) is 4.37. The molecule has 0 aromatic carbocycles. The van der Waals surface area contributed by atoms with E-state index in [4.69, 9.17) is 0 Å². The lowest BCUT2D eigenvalue weighted by Gasteiger charge is -2.38. The summed E-state index contributed by atoms with van der Waals surface area (Å²) in [6, 6.07) is 0. The maximum Gasteiger partial charge on any atom is 0.460 e. The first kappa shape index (κ1) is 36.6. The van der Waals surface area contributed by atoms with Crippen molar-refractivity contribution in [1.82, 2.24) is 0 Å². The number of halogens is 23. The molecule has 0 aliphatic carbocycles. The lowest BCUT2D eigenvalue weighted by molar-refractivity contribution is -0.419. The Labute approximate surface area is 198 Å². The van der Waals surface area contributed by atoms with Gasteiger partial charge in [0.1, 0.15) is 0 Å². The Bertz CT molecular complexity index is 975. The minimum atomic E-state index is -8.30. The highest BCUT2D eigenvalue weighted by atomic mass is 19.4. The van der Waals surface area contributed by atoms with Crippen molar-refractivity contribution in [3.63, 3.8) is 0 Å². The van der Waals surface area contributed by atoms with Gasteiger partial charge < -0.3 is 0 Å². The molecule has 0 unspecified atom stereocenters. The summed E-state index contributed by atoms with van der Waals surface area (Å²) in [5.74, 6) is -79.1. The summed E-state index contributed by atoms with van der Waals surface area (Å²) in [7, 11) is 0. The maximum atomic E-state index is 13.5. The lowest BCUT2D eigenvalue weighted by Crippen LogP contribution is -2.67. The molecule has 0 rings (SSSR count). The summed E-state index contributed by atoms with van der Waals surface area (Å²) in [5.41, 5.74) is 0. The van der Waals surface area contributed by atoms with Crippen LogP contribution < -0.4 is 0 Å². The van der Waals surface area contributed by atoms with Gasteiger partial charge >= 0.3 is 59.5 Å². The first-order valence-electron chi connectivity index (χ1n) is 8.45. The van der Waals surface area contributed by atoms with Crippen LogP contribution in [0, 0.1) is 0 Å². The Morgan fingerprint density at radius 1 is 0.385 bits per heavy atom. The van der Waals surface area contributed by atoms with Gasteiger partial charge in [0, 0.05) is 0 Å². The smallest absolute Gasteiger partial charge is 0.205 e. The van der Waals surface area contributed by atoms with Crippen LogP contribution in [0.1, 0.15) is 0 Å². The molecular weight excluding hydrogens is 629 g/mol. The molecule has 0 atom stereocenters. The van der Waals surface area contributed by atoms with E-state index < -0.39 is 89.4 Å². The van der Waals surface area contributed by atoms with Crippen LogP contribution in [0.3, 0.4) is 0 Å². The third kappa shape index (κ3) is 5.01. The summed E-state index contributed by atoms with van der Waals surface area (Å²) in [6.07, 6.45) is -13.4. The molecule has 0 bridgehead atoms. The topological polar surface area (TPSA) is 0 Å². The summed E-state index contributed by atoms with van der Waals surface area (Å²) in [4.78, 5) is 0. The van der Waals surface area contributed by atoms with Gasteiger partial charge in [0.2, 0.25) is 0 Å². The molecule has 0 fully saturated rings. The van der Waals surface area contributed by atoms with E-state index in [1.165, 1.54) is 0 Å². The molecule has 0 aliphatic rings. The predicted octanol–water partition coefficient (Wildman–Crippen LogP) is 9.16. The highest BCUT2D eigenvalue weighted by molar-refractivity contribution is 5.26. The predicted molar refractivity (Wildman–Crippen MR) is 79.2 cm³/mol. The van der Waals surface area contributed by atoms with Gasteiger partial charge in [0.05, 0.1) is 0 Å². The summed E-state index contributed by atoms with van der Waals surface area (Å²) < 4.78 is 299. The van der Waals surface area contributed by atoms with Gasteiger partial charge in [-0.15, -0.1) is 0 Å². The van der Waals surface area contributed by atoms with E-state index in [0.717, 1.165) is 0 Å². The molecule has 0 amide bonds. The zero-order valence-corrected chi connectivity index (χ0v) is 17.1. The zero-order chi connectivity index (χ0) is 32.3. The van der Waals surface area contributed by atoms with Crippen molar-refractivity contribution in [2.75, 3.05) is 0 Å². The first-order chi connectivity index (χ1) is 16.6. The minimum absolute atomic E-state index is 1.47. The molecule has 0 radical (unpaired) electrons. The second-order valence-electron chi connectivity index (χ2n) is 6.95. The van der Waals surface area contributed by atoms with Crippen LogP contribution in [-0.2, 0) is 0 Å². The lowest BCUT2D eigenvalue weighted by atomic mass is 9.93. The van der Waals surface area contributed by atoms with E-state index in [1.54, 1.807) is 6.58 Å². The number of allylic oxidation sites excluding steroid dienone is 5. The normalized spacial score (nSPS) is 17.0. The average Bonchev–Trinajstić information content (AvgIpc) is 2.74. The average molecular weight is 634 g/mol. The number of alkyl halides is 21. The van der Waals surface area contributed by atoms with Gasteiger partial charge in [-0.25, -0.2) is 8.78 Å². The molecule has 0 heterocycles. The molecule has 0 aromatic rings. The largest absolute Gasteiger partial charge is 0.460 e. The van der Waals surface area contributed by atoms with Gasteiger partial charge in [0.25, 0.3) is 0 Å². The van der Waals surface area contributed by atoms with Crippen LogP contribution >= 0.6 is 0 Å². The number of hydrogen-bond acceptors (Lipinski definition) is 0. The molecule has 230 valence electrons. The highest BCUT2D eigenvalue weighted by Gasteiger charge is 2.88. The van der Waals surface area contributed by atoms with E-state index in [2.05, 4.69) is 0 Å². The van der Waals surface area contributed by atoms with Crippen LogP contribution in [0.5, 0.6) is 0 Å². The van der Waals surface area contributed by atoms with Crippen molar-refractivity contribution < 1.29 is 101 Å². The van der Waals surface area contributed by atoms with Crippen molar-refractivity contribution >= 4 is 0 Å². The fourth-order valence-electron chi connectivity index (χ4n) is 1.96. The molecule has 23 heteroatoms. The molecule has 0 spiro atoms. The standard InChI is InChI=1S/C16H5F23/c1-2-7(19,20)10(25,26)13(31,32)11(27,28)8(21,22)5(17)3-4-6(18)9(23,24)12(29,30)14(33,34)15(35,36)16(37,38)39/h2-4H,1H2. The SMILES string of the molecule is C=CC(F)(F)C(F)(F)C(F)(F)C(F)(F)C(F)(F)C(F)=CC=C(F)C(F)(F)C(F)(F)C(F)(F)C(F)(F)C(F)(F)F. The van der Waals surface area contributed by atoms with Gasteiger partial charge in [-0.1, -0.05) is 6.58 Å². The quantitative estimate of drug-likeness (QED) is 0.121. The first-order valence-corrected chi connectivity index (χ1v) is 8.45. The minimum Gasteiger partial charge on any atom is -0.205 e. The summed E-state index contributed by atoms with van der Waals surface area (Å²) >= 11 is 0. The fourth-order valence-corrected chi connectivity index (χ4v) is 1.96. The van der Waals surface area contributed by atoms with Crippen LogP contribution in [0.4, 0.5) is 101 Å². The maximum absolute atomic E-state index is 13.5. The van der Waals surface area contributed by atoms with E-state index in [0.29, 0.717) is 0 Å². The zero-order valence-electron chi connectivity index (χ0n) is 17.1. The Hall–Kier alpha value is -2.39. The van der Waals surface area contributed by atoms with Gasteiger partial charge in [-0.2, -0.15) is 92.2 Å². The molecule has 0 nitrogen and oxygen atoms in total. The molecular formula is C16H5F23. The fraction of sp³-hybridized carbons (Fsp3) is 0.625. The van der Waals surface area contributed by atoms with Gasteiger partial charge in [0.15, 0.2) is 11.7 Å². The Morgan fingerprint density at radius 3 is 0.872 bits per heavy atom. The highest BCUT2D eigenvalue weighted by Crippen LogP contribution is 2.60. The molecule has 0 aromatic heterocycles.